The molecule has 0 aliphatic rings. The molecule has 1 N–H and O–H groups in total. The third kappa shape index (κ3) is 3.05. The smallest absolute Gasteiger partial charge is 0.336 e. The van der Waals surface area contributed by atoms with E-state index in [0.717, 1.165) is 15.1 Å². The Hall–Kier alpha value is -0.920. The quantitative estimate of drug-likeness (QED) is 0.933. The maximum atomic E-state index is 10.8. The molecule has 17 heavy (non-hydrogen) atoms. The van der Waals surface area contributed by atoms with Gasteiger partial charge in [0.15, 0.2) is 4.34 Å². The van der Waals surface area contributed by atoms with Crippen molar-refractivity contribution in [3.05, 3.63) is 34.1 Å². The molecule has 88 valence electrons. The molecule has 2 rings (SSSR count). The van der Waals surface area contributed by atoms with Crippen LogP contribution in [0.1, 0.15) is 16.2 Å². The van der Waals surface area contributed by atoms with Crippen LogP contribution in [0, 0.1) is 6.92 Å². The third-order valence-corrected chi connectivity index (χ3v) is 4.37. The zero-order valence-electron chi connectivity index (χ0n) is 8.68. The molecule has 0 atom stereocenters. The van der Waals surface area contributed by atoms with Gasteiger partial charge in [-0.1, -0.05) is 11.8 Å². The summed E-state index contributed by atoms with van der Waals surface area (Å²) in [7, 11) is 0. The van der Waals surface area contributed by atoms with Crippen molar-refractivity contribution < 1.29 is 9.90 Å². The lowest BCUT2D eigenvalue weighted by Gasteiger charge is -2.01. The molecule has 2 aromatic rings. The Balaban J connectivity index is 2.23. The van der Waals surface area contributed by atoms with Crippen LogP contribution in [0.25, 0.3) is 0 Å². The number of hydrogen-bond acceptors (Lipinski definition) is 5. The van der Waals surface area contributed by atoms with Gasteiger partial charge in [-0.25, -0.2) is 9.78 Å². The molecule has 0 amide bonds. The Morgan fingerprint density at radius 2 is 2.29 bits per heavy atom. The monoisotopic (exact) mass is 330 g/mol. The molecule has 7 heteroatoms. The summed E-state index contributed by atoms with van der Waals surface area (Å²) < 4.78 is 5.50. The van der Waals surface area contributed by atoms with Crippen molar-refractivity contribution in [2.45, 2.75) is 16.2 Å². The number of benzene rings is 1. The van der Waals surface area contributed by atoms with E-state index in [4.69, 9.17) is 5.11 Å². The first-order chi connectivity index (χ1) is 8.06. The molecule has 0 aliphatic heterocycles. The number of carbonyl (C=O) groups is 1. The van der Waals surface area contributed by atoms with Crippen molar-refractivity contribution in [1.29, 1.82) is 0 Å². The van der Waals surface area contributed by atoms with Crippen molar-refractivity contribution in [2.24, 2.45) is 0 Å². The summed E-state index contributed by atoms with van der Waals surface area (Å²) in [6.45, 7) is 1.84. The number of nitrogens with zero attached hydrogens (tertiary/aromatic N) is 2. The maximum Gasteiger partial charge on any atom is 0.336 e. The van der Waals surface area contributed by atoms with Gasteiger partial charge < -0.3 is 5.11 Å². The van der Waals surface area contributed by atoms with Crippen LogP contribution in [0.2, 0.25) is 0 Å². The summed E-state index contributed by atoms with van der Waals surface area (Å²) in [6.07, 6.45) is 0. The van der Waals surface area contributed by atoms with Gasteiger partial charge in [-0.05, 0) is 52.6 Å². The zero-order chi connectivity index (χ0) is 12.4. The highest BCUT2D eigenvalue weighted by molar-refractivity contribution is 9.10. The lowest BCUT2D eigenvalue weighted by atomic mass is 10.2. The van der Waals surface area contributed by atoms with E-state index >= 15 is 0 Å². The number of aromatic nitrogens is 2. The van der Waals surface area contributed by atoms with E-state index in [1.54, 1.807) is 18.2 Å². The predicted octanol–water partition coefficient (Wildman–Crippen LogP) is 3.46. The van der Waals surface area contributed by atoms with Gasteiger partial charge in [0, 0.05) is 9.37 Å². The summed E-state index contributed by atoms with van der Waals surface area (Å²) >= 11 is 6.04. The molecule has 0 fully saturated rings. The van der Waals surface area contributed by atoms with Crippen LogP contribution in [0.15, 0.2) is 31.9 Å². The summed E-state index contributed by atoms with van der Waals surface area (Å²) in [5.74, 6) is -0.195. The Bertz CT molecular complexity index is 571. The average molecular weight is 331 g/mol. The molecule has 0 aliphatic carbocycles. The summed E-state index contributed by atoms with van der Waals surface area (Å²) in [5.41, 5.74) is 0.253. The first-order valence-electron chi connectivity index (χ1n) is 4.57. The molecule has 4 nitrogen and oxygen atoms in total. The first-order valence-corrected chi connectivity index (χ1v) is 6.95. The number of hydrogen-bond donors (Lipinski definition) is 1. The molecule has 0 spiro atoms. The highest BCUT2D eigenvalue weighted by Gasteiger charge is 2.10. The van der Waals surface area contributed by atoms with E-state index < -0.39 is 5.97 Å². The van der Waals surface area contributed by atoms with Crippen molar-refractivity contribution in [3.63, 3.8) is 0 Å². The fourth-order valence-corrected chi connectivity index (χ4v) is 3.52. The number of aryl methyl sites for hydroxylation is 1. The van der Waals surface area contributed by atoms with Crippen LogP contribution in [0.3, 0.4) is 0 Å². The van der Waals surface area contributed by atoms with Crippen LogP contribution in [-0.4, -0.2) is 20.4 Å². The van der Waals surface area contributed by atoms with Gasteiger partial charge in [-0.3, -0.25) is 0 Å². The molecule has 1 heterocycles. The van der Waals surface area contributed by atoms with Crippen LogP contribution in [0.5, 0.6) is 0 Å². The number of aromatic carboxylic acids is 1. The highest BCUT2D eigenvalue weighted by atomic mass is 79.9. The van der Waals surface area contributed by atoms with E-state index in [1.165, 1.54) is 23.3 Å². The van der Waals surface area contributed by atoms with Gasteiger partial charge in [0.25, 0.3) is 0 Å². The standard InChI is InChI=1S/C10H7BrN2O2S2/c1-5-12-10(17-13-5)16-6-2-3-7(9(14)15)8(11)4-6/h2-4H,1H3,(H,14,15). The fourth-order valence-electron chi connectivity index (χ4n) is 1.15. The summed E-state index contributed by atoms with van der Waals surface area (Å²) in [4.78, 5) is 16.0. The zero-order valence-corrected chi connectivity index (χ0v) is 11.9. The minimum absolute atomic E-state index is 0.253. The topological polar surface area (TPSA) is 63.1 Å². The average Bonchev–Trinajstić information content (AvgIpc) is 2.63. The number of carboxylic acids is 1. The van der Waals surface area contributed by atoms with Gasteiger partial charge in [0.1, 0.15) is 5.82 Å². The normalized spacial score (nSPS) is 10.5. The van der Waals surface area contributed by atoms with Crippen molar-refractivity contribution in [2.75, 3.05) is 0 Å². The van der Waals surface area contributed by atoms with E-state index in [2.05, 4.69) is 25.3 Å². The fraction of sp³-hybridized carbons (Fsp3) is 0.100. The van der Waals surface area contributed by atoms with Crippen LogP contribution < -0.4 is 0 Å². The molecule has 1 aromatic heterocycles. The molecule has 0 saturated carbocycles. The number of halogens is 1. The third-order valence-electron chi connectivity index (χ3n) is 1.89. The molecule has 0 unspecified atom stereocenters. The molecule has 0 radical (unpaired) electrons. The second kappa shape index (κ2) is 5.16. The minimum atomic E-state index is -0.944. The predicted molar refractivity (Wildman–Crippen MR) is 69.9 cm³/mol. The van der Waals surface area contributed by atoms with Crippen LogP contribution in [-0.2, 0) is 0 Å². The largest absolute Gasteiger partial charge is 0.478 e. The van der Waals surface area contributed by atoms with E-state index in [0.29, 0.717) is 4.47 Å². The molecule has 0 saturated heterocycles. The second-order valence-corrected chi connectivity index (χ2v) is 6.08. The Morgan fingerprint density at radius 1 is 1.53 bits per heavy atom. The van der Waals surface area contributed by atoms with Crippen molar-refractivity contribution >= 4 is 45.2 Å². The van der Waals surface area contributed by atoms with E-state index in [9.17, 15) is 4.79 Å². The molecule has 0 bridgehead atoms. The molecular weight excluding hydrogens is 324 g/mol. The minimum Gasteiger partial charge on any atom is -0.478 e. The first kappa shape index (κ1) is 12.5. The van der Waals surface area contributed by atoms with Crippen molar-refractivity contribution in [3.8, 4) is 0 Å². The van der Waals surface area contributed by atoms with Gasteiger partial charge in [0.05, 0.1) is 5.56 Å². The number of rotatable bonds is 3. The Kier molecular flexibility index (Phi) is 3.80. The Morgan fingerprint density at radius 3 is 2.82 bits per heavy atom. The second-order valence-electron chi connectivity index (χ2n) is 3.16. The van der Waals surface area contributed by atoms with Gasteiger partial charge >= 0.3 is 5.97 Å². The van der Waals surface area contributed by atoms with E-state index in [-0.39, 0.29) is 5.56 Å². The van der Waals surface area contributed by atoms with E-state index in [1.807, 2.05) is 6.92 Å². The Labute approximate surface area is 114 Å². The number of carboxylic acid groups (broad SMARTS) is 1. The SMILES string of the molecule is Cc1nsc(Sc2ccc(C(=O)O)c(Br)c2)n1. The summed E-state index contributed by atoms with van der Waals surface area (Å²) in [5, 5.41) is 8.89. The highest BCUT2D eigenvalue weighted by Crippen LogP contribution is 2.31. The lowest BCUT2D eigenvalue weighted by Crippen LogP contribution is -1.96. The van der Waals surface area contributed by atoms with Crippen LogP contribution in [0.4, 0.5) is 0 Å². The molecular formula is C10H7BrN2O2S2. The maximum absolute atomic E-state index is 10.8. The van der Waals surface area contributed by atoms with Gasteiger partial charge in [-0.15, -0.1) is 0 Å². The molecule has 1 aromatic carbocycles. The van der Waals surface area contributed by atoms with Gasteiger partial charge in [-0.2, -0.15) is 4.37 Å². The van der Waals surface area contributed by atoms with Crippen LogP contribution >= 0.6 is 39.2 Å². The van der Waals surface area contributed by atoms with Crippen molar-refractivity contribution in [1.82, 2.24) is 9.36 Å². The van der Waals surface area contributed by atoms with Gasteiger partial charge in [0.2, 0.25) is 0 Å². The lowest BCUT2D eigenvalue weighted by molar-refractivity contribution is 0.0696. The summed E-state index contributed by atoms with van der Waals surface area (Å²) in [6, 6.07) is 5.10.